The first-order valence-electron chi connectivity index (χ1n) is 22.5. The van der Waals surface area contributed by atoms with Crippen LogP contribution in [0.25, 0.3) is 10.8 Å². The van der Waals surface area contributed by atoms with Gasteiger partial charge in [-0.05, 0) is 33.8 Å². The predicted octanol–water partition coefficient (Wildman–Crippen LogP) is 5.93. The predicted molar refractivity (Wildman–Crippen MR) is 250 cm³/mol. The zero-order chi connectivity index (χ0) is 49.7. The maximum atomic E-state index is 14.6. The number of hydrogen-bond acceptors (Lipinski definition) is 18. The lowest BCUT2D eigenvalue weighted by Crippen LogP contribution is -2.46. The Morgan fingerprint density at radius 1 is 0.940 bits per heavy atom. The second-order valence-electron chi connectivity index (χ2n) is 17.5. The molecular formula is C47H67N4O15P. The Kier molecular flexibility index (Phi) is 17.4. The number of nitrogens with zero attached hydrogens (tertiary/aromatic N) is 3. The first kappa shape index (κ1) is 53.0. The number of amides is 1. The molecule has 2 aromatic rings. The molecule has 4 aliphatic rings. The second-order valence-corrected chi connectivity index (χ2v) is 19.5. The van der Waals surface area contributed by atoms with Crippen LogP contribution in [0.3, 0.4) is 0 Å². The summed E-state index contributed by atoms with van der Waals surface area (Å²) >= 11 is 0. The van der Waals surface area contributed by atoms with Gasteiger partial charge in [0.2, 0.25) is 0 Å². The molecule has 0 saturated carbocycles. The number of aliphatic hydroxyl groups is 2. The van der Waals surface area contributed by atoms with Gasteiger partial charge in [-0.2, -0.15) is 5.10 Å². The minimum Gasteiger partial charge on any atom is -0.507 e. The number of phenolic OH excluding ortho intramolecular Hbond substituents is 3. The van der Waals surface area contributed by atoms with Crippen molar-refractivity contribution in [3.05, 3.63) is 52.8 Å². The van der Waals surface area contributed by atoms with Gasteiger partial charge in [0.1, 0.15) is 29.6 Å². The molecule has 2 aromatic carbocycles. The summed E-state index contributed by atoms with van der Waals surface area (Å²) in [6.07, 6.45) is 4.68. The topological polar surface area (TPSA) is 256 Å². The summed E-state index contributed by atoms with van der Waals surface area (Å²) in [4.78, 5) is 42.8. The van der Waals surface area contributed by atoms with Crippen LogP contribution in [0, 0.1) is 30.6 Å². The lowest BCUT2D eigenvalue weighted by molar-refractivity contribution is -0.160. The third-order valence-corrected chi connectivity index (χ3v) is 14.8. The van der Waals surface area contributed by atoms with Crippen LogP contribution < -0.4 is 10.1 Å². The number of rotatable bonds is 10. The molecule has 19 nitrogen and oxygen atoms in total. The molecule has 20 heteroatoms. The summed E-state index contributed by atoms with van der Waals surface area (Å²) in [6, 6.07) is 0. The minimum atomic E-state index is -3.36. The number of esters is 1. The maximum Gasteiger partial charge on any atom is 0.344 e. The van der Waals surface area contributed by atoms with Crippen molar-refractivity contribution in [1.29, 1.82) is 0 Å². The Bertz CT molecular complexity index is 2330. The molecule has 1 fully saturated rings. The summed E-state index contributed by atoms with van der Waals surface area (Å²) in [6.45, 7) is 17.8. The Morgan fingerprint density at radius 2 is 1.58 bits per heavy atom. The summed E-state index contributed by atoms with van der Waals surface area (Å²) in [7, 11) is -1.94. The summed E-state index contributed by atoms with van der Waals surface area (Å²) in [5, 5.41) is 67.2. The van der Waals surface area contributed by atoms with E-state index in [1.165, 1.54) is 59.4 Å². The molecule has 1 saturated heterocycles. The van der Waals surface area contributed by atoms with Crippen LogP contribution in [0.5, 0.6) is 23.0 Å². The molecule has 0 aromatic heterocycles. The van der Waals surface area contributed by atoms with E-state index in [9.17, 15) is 44.5 Å². The van der Waals surface area contributed by atoms with Crippen LogP contribution in [0.1, 0.15) is 83.8 Å². The summed E-state index contributed by atoms with van der Waals surface area (Å²) < 4.78 is 47.8. The number of carbonyl (C=O) groups excluding carboxylic acids is 3. The van der Waals surface area contributed by atoms with E-state index < -0.39 is 96.4 Å². The van der Waals surface area contributed by atoms with Gasteiger partial charge < -0.3 is 58.8 Å². The number of aliphatic hydroxyl groups excluding tert-OH is 2. The van der Waals surface area contributed by atoms with Gasteiger partial charge in [-0.25, -0.2) is 0 Å². The van der Waals surface area contributed by atoms with Crippen molar-refractivity contribution in [1.82, 2.24) is 9.91 Å². The second kappa shape index (κ2) is 22.0. The number of fused-ring (bicyclic) bond motifs is 14. The van der Waals surface area contributed by atoms with E-state index in [-0.39, 0.29) is 64.0 Å². The number of hydrazone groups is 1. The fourth-order valence-corrected chi connectivity index (χ4v) is 10.6. The van der Waals surface area contributed by atoms with Crippen LogP contribution >= 0.6 is 7.60 Å². The smallest absolute Gasteiger partial charge is 0.344 e. The molecule has 370 valence electrons. The van der Waals surface area contributed by atoms with Crippen LogP contribution in [-0.4, -0.2) is 142 Å². The maximum absolute atomic E-state index is 14.6. The highest BCUT2D eigenvalue weighted by atomic mass is 31.2. The molecular weight excluding hydrogens is 892 g/mol. The highest BCUT2D eigenvalue weighted by Gasteiger charge is 2.50. The zero-order valence-corrected chi connectivity index (χ0v) is 41.0. The van der Waals surface area contributed by atoms with Gasteiger partial charge in [0, 0.05) is 87.3 Å². The monoisotopic (exact) mass is 958 g/mol. The molecule has 0 aliphatic carbocycles. The number of ether oxygens (including phenoxy) is 4. The number of ketones is 1. The van der Waals surface area contributed by atoms with Gasteiger partial charge in [0.25, 0.3) is 11.7 Å². The molecule has 1 amide bonds. The third kappa shape index (κ3) is 11.3. The fraction of sp³-hybridized carbons (Fsp3) is 0.574. The largest absolute Gasteiger partial charge is 0.507 e. The third-order valence-electron chi connectivity index (χ3n) is 12.8. The standard InChI is InChI=1S/C47H67N4O15P/c1-12-63-67(60,64-13-2)24-50-18-20-51(21-19-50)48-23-32-37-42(57)35-34(41(32)56)36-44(30(8)40(35)55)66-47(10,45(36)58)62-22-17-33(61-11)27(5)43(65-31(9)52)29(7)39(54)28(6)38(53)25(3)15-14-16-26(4)46(59)49-37/h14-17,22-23,25,27-29,33,38-39,43,53-57H,12-13,18-21,24H2,1-11H3,(H,49,59)/t25-,27-,28-,29-,33+,38-,39+,43-,47+/m1/s1. The number of phenols is 3. The molecule has 0 unspecified atom stereocenters. The van der Waals surface area contributed by atoms with Crippen LogP contribution in [0.4, 0.5) is 5.69 Å². The Morgan fingerprint density at radius 3 is 2.18 bits per heavy atom. The molecule has 6 rings (SSSR count). The van der Waals surface area contributed by atoms with Gasteiger partial charge in [-0.15, -0.1) is 0 Å². The van der Waals surface area contributed by atoms with Gasteiger partial charge in [0.05, 0.1) is 66.2 Å². The average molecular weight is 959 g/mol. The molecule has 5 bridgehead atoms. The van der Waals surface area contributed by atoms with Crippen molar-refractivity contribution < 1.29 is 72.5 Å². The normalized spacial score (nSPS) is 28.2. The Hall–Kier alpha value is -5.01. The van der Waals surface area contributed by atoms with E-state index in [4.69, 9.17) is 28.0 Å². The molecule has 0 spiro atoms. The molecule has 4 aliphatic heterocycles. The van der Waals surface area contributed by atoms with Crippen molar-refractivity contribution in [2.75, 3.05) is 58.1 Å². The van der Waals surface area contributed by atoms with Crippen molar-refractivity contribution in [3.8, 4) is 23.0 Å². The number of benzene rings is 2. The SMILES string of the molecule is CCOP(=O)(CN1CCN(N=Cc2c3c(O)c4c(O)c(C)c5c(c4c2O)C(=O)[C@@](C)(OC=C[C@H](OC)[C@@H](C)[C@@H](OC(C)=O)[C@H](C)[C@@H](O)[C@H](C)[C@H](O)[C@H](C)C=CC=C(C)C(=O)N3)O5)CC1)OCC. The van der Waals surface area contributed by atoms with Crippen LogP contribution in [0.15, 0.2) is 41.2 Å². The number of aromatic hydroxyl groups is 3. The van der Waals surface area contributed by atoms with Crippen molar-refractivity contribution >= 4 is 47.9 Å². The number of methoxy groups -OCH3 is 1. The Balaban J connectivity index is 1.64. The highest BCUT2D eigenvalue weighted by Crippen LogP contribution is 2.55. The number of Topliss-reactive ketones (excluding diaryl/α,β-unsaturated/α-hetero) is 1. The highest BCUT2D eigenvalue weighted by molar-refractivity contribution is 7.53. The minimum absolute atomic E-state index is 0.0223. The van der Waals surface area contributed by atoms with Gasteiger partial charge >= 0.3 is 19.4 Å². The zero-order valence-electron chi connectivity index (χ0n) is 40.1. The van der Waals surface area contributed by atoms with E-state index >= 15 is 0 Å². The molecule has 9 atom stereocenters. The molecule has 6 N–H and O–H groups in total. The van der Waals surface area contributed by atoms with Gasteiger partial charge in [-0.3, -0.25) is 28.9 Å². The number of allylic oxidation sites excluding steroid dienone is 2. The van der Waals surface area contributed by atoms with Crippen molar-refractivity contribution in [3.63, 3.8) is 0 Å². The number of carbonyl (C=O) groups is 3. The quantitative estimate of drug-likeness (QED) is 0.0530. The van der Waals surface area contributed by atoms with E-state index in [2.05, 4.69) is 10.4 Å². The number of hydrogen-bond donors (Lipinski definition) is 6. The van der Waals surface area contributed by atoms with Crippen molar-refractivity contribution in [2.24, 2.45) is 28.8 Å². The summed E-state index contributed by atoms with van der Waals surface area (Å²) in [5.41, 5.74) is -0.601. The first-order chi connectivity index (χ1) is 31.5. The average Bonchev–Trinajstić information content (AvgIpc) is 3.55. The van der Waals surface area contributed by atoms with E-state index in [1.54, 1.807) is 58.7 Å². The molecule has 4 heterocycles. The van der Waals surface area contributed by atoms with E-state index in [0.717, 1.165) is 0 Å². The lowest BCUT2D eigenvalue weighted by Gasteiger charge is -2.38. The molecule has 0 radical (unpaired) electrons. The van der Waals surface area contributed by atoms with E-state index in [1.807, 2.05) is 4.90 Å². The van der Waals surface area contributed by atoms with Crippen molar-refractivity contribution in [2.45, 2.75) is 99.4 Å². The lowest BCUT2D eigenvalue weighted by atomic mass is 9.78. The van der Waals surface area contributed by atoms with Crippen LogP contribution in [0.2, 0.25) is 0 Å². The van der Waals surface area contributed by atoms with Gasteiger partial charge in [0.15, 0.2) is 5.75 Å². The Labute approximate surface area is 391 Å². The van der Waals surface area contributed by atoms with Gasteiger partial charge in [-0.1, -0.05) is 45.9 Å². The fourth-order valence-electron chi connectivity index (χ4n) is 8.76. The van der Waals surface area contributed by atoms with Crippen LogP contribution in [-0.2, 0) is 37.4 Å². The number of piperazine rings is 1. The first-order valence-corrected chi connectivity index (χ1v) is 24.2. The number of nitrogens with one attached hydrogen (secondary N) is 1. The van der Waals surface area contributed by atoms with E-state index in [0.29, 0.717) is 26.2 Å². The molecule has 67 heavy (non-hydrogen) atoms. The summed E-state index contributed by atoms with van der Waals surface area (Å²) in [5.74, 6) is -8.78. The number of anilines is 1.